The molecule has 0 aromatic carbocycles. The van der Waals surface area contributed by atoms with Gasteiger partial charge in [-0.05, 0) is 6.42 Å². The van der Waals surface area contributed by atoms with Crippen LogP contribution in [0.2, 0.25) is 0 Å². The summed E-state index contributed by atoms with van der Waals surface area (Å²) in [7, 11) is 0. The second-order valence-corrected chi connectivity index (χ2v) is 4.61. The van der Waals surface area contributed by atoms with Crippen molar-refractivity contribution in [1.82, 2.24) is 9.80 Å². The summed E-state index contributed by atoms with van der Waals surface area (Å²) in [5.41, 5.74) is 5.69. The maximum absolute atomic E-state index is 12.2. The third kappa shape index (κ3) is 5.23. The fourth-order valence-corrected chi connectivity index (χ4v) is 2.32. The van der Waals surface area contributed by atoms with Crippen LogP contribution in [0.25, 0.3) is 0 Å². The molecule has 1 atom stereocenters. The minimum atomic E-state index is -4.08. The van der Waals surface area contributed by atoms with Crippen LogP contribution in [0.15, 0.2) is 0 Å². The monoisotopic (exact) mass is 253 g/mol. The molecule has 102 valence electrons. The van der Waals surface area contributed by atoms with E-state index in [4.69, 9.17) is 5.73 Å². The van der Waals surface area contributed by atoms with Gasteiger partial charge in [-0.2, -0.15) is 13.2 Å². The third-order valence-electron chi connectivity index (χ3n) is 3.22. The van der Waals surface area contributed by atoms with E-state index in [1.54, 1.807) is 0 Å². The Hall–Kier alpha value is -0.330. The van der Waals surface area contributed by atoms with Gasteiger partial charge < -0.3 is 5.73 Å². The van der Waals surface area contributed by atoms with E-state index >= 15 is 0 Å². The Bertz CT molecular complexity index is 212. The number of piperazine rings is 1. The molecule has 1 aliphatic heterocycles. The van der Waals surface area contributed by atoms with Gasteiger partial charge in [0, 0.05) is 38.8 Å². The molecule has 6 heteroatoms. The molecule has 0 radical (unpaired) electrons. The lowest BCUT2D eigenvalue weighted by atomic mass is 10.1. The molecule has 0 spiro atoms. The number of nitrogens with zero attached hydrogens (tertiary/aromatic N) is 2. The van der Waals surface area contributed by atoms with Gasteiger partial charge in [-0.15, -0.1) is 0 Å². The minimum Gasteiger partial charge on any atom is -0.329 e. The molecule has 2 N–H and O–H groups in total. The summed E-state index contributed by atoms with van der Waals surface area (Å²) in [6, 6.07) is 0.327. The zero-order valence-corrected chi connectivity index (χ0v) is 10.3. The highest BCUT2D eigenvalue weighted by Crippen LogP contribution is 2.18. The Morgan fingerprint density at radius 2 is 1.76 bits per heavy atom. The van der Waals surface area contributed by atoms with E-state index in [1.807, 2.05) is 0 Å². The van der Waals surface area contributed by atoms with Crippen LogP contribution in [0.4, 0.5) is 13.2 Å². The van der Waals surface area contributed by atoms with Crippen molar-refractivity contribution in [3.05, 3.63) is 0 Å². The third-order valence-corrected chi connectivity index (χ3v) is 3.22. The van der Waals surface area contributed by atoms with Gasteiger partial charge in [0.2, 0.25) is 0 Å². The molecular formula is C11H22F3N3. The summed E-state index contributed by atoms with van der Waals surface area (Å²) in [6.07, 6.45) is -2.00. The Kier molecular flexibility index (Phi) is 5.69. The predicted molar refractivity (Wildman–Crippen MR) is 61.8 cm³/mol. The quantitative estimate of drug-likeness (QED) is 0.801. The van der Waals surface area contributed by atoms with Crippen LogP contribution in [0.1, 0.15) is 19.8 Å². The largest absolute Gasteiger partial charge is 0.401 e. The topological polar surface area (TPSA) is 32.5 Å². The summed E-state index contributed by atoms with van der Waals surface area (Å²) >= 11 is 0. The van der Waals surface area contributed by atoms with Crippen molar-refractivity contribution >= 4 is 0 Å². The van der Waals surface area contributed by atoms with E-state index in [9.17, 15) is 13.2 Å². The molecule has 17 heavy (non-hydrogen) atoms. The van der Waals surface area contributed by atoms with E-state index in [0.717, 1.165) is 12.8 Å². The number of rotatable bonds is 5. The summed E-state index contributed by atoms with van der Waals surface area (Å²) < 4.78 is 36.6. The zero-order valence-electron chi connectivity index (χ0n) is 10.3. The minimum absolute atomic E-state index is 0.327. The highest BCUT2D eigenvalue weighted by Gasteiger charge is 2.32. The first-order valence-electron chi connectivity index (χ1n) is 6.19. The van der Waals surface area contributed by atoms with E-state index in [1.165, 1.54) is 4.90 Å². The lowest BCUT2D eigenvalue weighted by Crippen LogP contribution is -2.53. The molecule has 0 bridgehead atoms. The first-order valence-corrected chi connectivity index (χ1v) is 6.19. The fourth-order valence-electron chi connectivity index (χ4n) is 2.32. The van der Waals surface area contributed by atoms with Gasteiger partial charge in [0.15, 0.2) is 0 Å². The summed E-state index contributed by atoms with van der Waals surface area (Å²) in [4.78, 5) is 3.69. The van der Waals surface area contributed by atoms with Crippen molar-refractivity contribution in [3.63, 3.8) is 0 Å². The number of halogens is 3. The van der Waals surface area contributed by atoms with Gasteiger partial charge in [-0.25, -0.2) is 0 Å². The van der Waals surface area contributed by atoms with Gasteiger partial charge in [-0.1, -0.05) is 13.3 Å². The average molecular weight is 253 g/mol. The second-order valence-electron chi connectivity index (χ2n) is 4.61. The molecule has 1 saturated heterocycles. The fraction of sp³-hybridized carbons (Fsp3) is 1.00. The summed E-state index contributed by atoms with van der Waals surface area (Å²) in [6.45, 7) is 4.26. The molecule has 1 rings (SSSR count). The Labute approximate surface area is 101 Å². The molecule has 1 fully saturated rings. The SMILES string of the molecule is CCCC(CN)N1CCN(CC(F)(F)F)CC1. The molecule has 1 unspecified atom stereocenters. The molecule has 0 aromatic heterocycles. The lowest BCUT2D eigenvalue weighted by Gasteiger charge is -2.39. The predicted octanol–water partition coefficient (Wildman–Crippen LogP) is 1.29. The van der Waals surface area contributed by atoms with Crippen LogP contribution in [-0.4, -0.2) is 61.3 Å². The molecule has 0 aliphatic carbocycles. The Balaban J connectivity index is 2.34. The van der Waals surface area contributed by atoms with Crippen LogP contribution in [-0.2, 0) is 0 Å². The van der Waals surface area contributed by atoms with Gasteiger partial charge in [0.25, 0.3) is 0 Å². The highest BCUT2D eigenvalue weighted by molar-refractivity contribution is 4.79. The first-order chi connectivity index (χ1) is 7.96. The standard InChI is InChI=1S/C11H22F3N3/c1-2-3-10(8-15)17-6-4-16(5-7-17)9-11(12,13)14/h10H,2-9,15H2,1H3. The van der Waals surface area contributed by atoms with Crippen molar-refractivity contribution < 1.29 is 13.2 Å². The van der Waals surface area contributed by atoms with E-state index < -0.39 is 12.7 Å². The smallest absolute Gasteiger partial charge is 0.329 e. The summed E-state index contributed by atoms with van der Waals surface area (Å²) in [5, 5.41) is 0. The number of alkyl halides is 3. The maximum Gasteiger partial charge on any atom is 0.401 e. The highest BCUT2D eigenvalue weighted by atomic mass is 19.4. The molecule has 1 heterocycles. The van der Waals surface area contributed by atoms with E-state index in [0.29, 0.717) is 38.8 Å². The molecule has 0 amide bonds. The van der Waals surface area contributed by atoms with Crippen LogP contribution >= 0.6 is 0 Å². The van der Waals surface area contributed by atoms with E-state index in [-0.39, 0.29) is 0 Å². The van der Waals surface area contributed by atoms with Gasteiger partial charge in [0.1, 0.15) is 0 Å². The Morgan fingerprint density at radius 3 is 2.18 bits per heavy atom. The van der Waals surface area contributed by atoms with Crippen LogP contribution in [0.3, 0.4) is 0 Å². The van der Waals surface area contributed by atoms with Crippen LogP contribution < -0.4 is 5.73 Å². The molecule has 0 aromatic rings. The van der Waals surface area contributed by atoms with Crippen molar-refractivity contribution in [2.45, 2.75) is 32.0 Å². The van der Waals surface area contributed by atoms with Crippen molar-refractivity contribution in [2.24, 2.45) is 5.73 Å². The van der Waals surface area contributed by atoms with Crippen molar-refractivity contribution in [2.75, 3.05) is 39.3 Å². The second kappa shape index (κ2) is 6.56. The Morgan fingerprint density at radius 1 is 1.18 bits per heavy atom. The summed E-state index contributed by atoms with van der Waals surface area (Å²) in [5.74, 6) is 0. The van der Waals surface area contributed by atoms with E-state index in [2.05, 4.69) is 11.8 Å². The van der Waals surface area contributed by atoms with Crippen molar-refractivity contribution in [3.8, 4) is 0 Å². The number of hydrogen-bond donors (Lipinski definition) is 1. The average Bonchev–Trinajstić information content (AvgIpc) is 2.25. The first kappa shape index (κ1) is 14.7. The zero-order chi connectivity index (χ0) is 12.9. The van der Waals surface area contributed by atoms with Gasteiger partial charge >= 0.3 is 6.18 Å². The maximum atomic E-state index is 12.2. The molecular weight excluding hydrogens is 231 g/mol. The van der Waals surface area contributed by atoms with Gasteiger partial charge in [-0.3, -0.25) is 9.80 Å². The molecule has 3 nitrogen and oxygen atoms in total. The van der Waals surface area contributed by atoms with Gasteiger partial charge in [0.05, 0.1) is 6.54 Å². The number of nitrogens with two attached hydrogens (primary N) is 1. The van der Waals surface area contributed by atoms with Crippen molar-refractivity contribution in [1.29, 1.82) is 0 Å². The van der Waals surface area contributed by atoms with Crippen LogP contribution in [0, 0.1) is 0 Å². The lowest BCUT2D eigenvalue weighted by molar-refractivity contribution is -0.149. The number of hydrogen-bond acceptors (Lipinski definition) is 3. The molecule has 0 saturated carbocycles. The normalized spacial score (nSPS) is 21.7. The van der Waals surface area contributed by atoms with Crippen LogP contribution in [0.5, 0.6) is 0 Å². The molecule has 1 aliphatic rings.